The molecule has 0 amide bonds. The molecule has 2 fully saturated rings. The largest absolute Gasteiger partial charge is 0.491 e. The Bertz CT molecular complexity index is 993. The minimum Gasteiger partial charge on any atom is -0.491 e. The Morgan fingerprint density at radius 2 is 1.26 bits per heavy atom. The van der Waals surface area contributed by atoms with E-state index in [2.05, 4.69) is 6.92 Å². The first-order valence-electron chi connectivity index (χ1n) is 13.1. The molecule has 35 heavy (non-hydrogen) atoms. The van der Waals surface area contributed by atoms with Gasteiger partial charge in [0.05, 0.1) is 19.3 Å². The SMILES string of the molecule is CCOc1ccc(COC2CCC(c3ccc(C4CCC(CC)CC4)c(F)c3F)CC2)c(F)c1F. The summed E-state index contributed by atoms with van der Waals surface area (Å²) in [5, 5.41) is 0. The van der Waals surface area contributed by atoms with Gasteiger partial charge in [0, 0.05) is 5.56 Å². The number of halogens is 4. The Morgan fingerprint density at radius 3 is 1.80 bits per heavy atom. The molecule has 0 radical (unpaired) electrons. The molecule has 2 aliphatic rings. The predicted molar refractivity (Wildman–Crippen MR) is 129 cm³/mol. The highest BCUT2D eigenvalue weighted by atomic mass is 19.2. The number of ether oxygens (including phenoxy) is 2. The lowest BCUT2D eigenvalue weighted by atomic mass is 9.76. The van der Waals surface area contributed by atoms with Crippen LogP contribution in [0.4, 0.5) is 17.6 Å². The van der Waals surface area contributed by atoms with E-state index in [1.54, 1.807) is 19.1 Å². The highest BCUT2D eigenvalue weighted by Gasteiger charge is 2.30. The van der Waals surface area contributed by atoms with Crippen LogP contribution in [0.5, 0.6) is 5.75 Å². The fourth-order valence-electron chi connectivity index (χ4n) is 5.79. The van der Waals surface area contributed by atoms with Crippen molar-refractivity contribution < 1.29 is 27.0 Å². The van der Waals surface area contributed by atoms with Gasteiger partial charge < -0.3 is 9.47 Å². The van der Waals surface area contributed by atoms with E-state index in [0.717, 1.165) is 32.1 Å². The minimum absolute atomic E-state index is 0.0392. The number of hydrogen-bond donors (Lipinski definition) is 0. The van der Waals surface area contributed by atoms with Crippen molar-refractivity contribution in [1.29, 1.82) is 0 Å². The second-order valence-corrected chi connectivity index (χ2v) is 10.1. The molecule has 0 aliphatic heterocycles. The first kappa shape index (κ1) is 26.0. The summed E-state index contributed by atoms with van der Waals surface area (Å²) in [6, 6.07) is 6.47. The number of hydrogen-bond acceptors (Lipinski definition) is 2. The lowest BCUT2D eigenvalue weighted by Gasteiger charge is -2.31. The molecule has 0 atom stereocenters. The molecule has 2 nitrogen and oxygen atoms in total. The fraction of sp³-hybridized carbons (Fsp3) is 0.586. The normalized spacial score (nSPS) is 25.0. The van der Waals surface area contributed by atoms with Crippen molar-refractivity contribution in [3.05, 3.63) is 64.2 Å². The molecule has 0 heterocycles. The lowest BCUT2D eigenvalue weighted by molar-refractivity contribution is 0.0116. The van der Waals surface area contributed by atoms with Gasteiger partial charge in [-0.15, -0.1) is 0 Å². The Hall–Kier alpha value is -2.08. The van der Waals surface area contributed by atoms with Crippen LogP contribution in [0.3, 0.4) is 0 Å². The van der Waals surface area contributed by atoms with Gasteiger partial charge in [-0.2, -0.15) is 4.39 Å². The molecule has 6 heteroatoms. The van der Waals surface area contributed by atoms with E-state index in [1.165, 1.54) is 12.1 Å². The Morgan fingerprint density at radius 1 is 0.686 bits per heavy atom. The highest BCUT2D eigenvalue weighted by molar-refractivity contribution is 5.32. The van der Waals surface area contributed by atoms with E-state index in [1.807, 2.05) is 0 Å². The van der Waals surface area contributed by atoms with Crippen molar-refractivity contribution in [2.24, 2.45) is 5.92 Å². The fourth-order valence-corrected chi connectivity index (χ4v) is 5.79. The molecule has 2 aromatic carbocycles. The monoisotopic (exact) mass is 492 g/mol. The third-order valence-electron chi connectivity index (χ3n) is 8.02. The van der Waals surface area contributed by atoms with Crippen LogP contribution < -0.4 is 4.74 Å². The molecule has 2 aliphatic carbocycles. The van der Waals surface area contributed by atoms with Crippen LogP contribution in [-0.2, 0) is 11.3 Å². The summed E-state index contributed by atoms with van der Waals surface area (Å²) in [5.41, 5.74) is 1.12. The standard InChI is InChI=1S/C29H36F4O2/c1-3-18-5-7-19(8-6-18)23-14-15-24(28(32)27(23)31)20-9-12-22(13-10-20)35-17-21-11-16-25(34-4-2)29(33)26(21)30/h11,14-16,18-20,22H,3-10,12-13,17H2,1-2H3. The van der Waals surface area contributed by atoms with Crippen LogP contribution in [0.2, 0.25) is 0 Å². The van der Waals surface area contributed by atoms with Crippen molar-refractivity contribution in [2.45, 2.75) is 96.2 Å². The van der Waals surface area contributed by atoms with E-state index in [9.17, 15) is 8.78 Å². The van der Waals surface area contributed by atoms with Gasteiger partial charge in [-0.1, -0.05) is 25.5 Å². The Labute approximate surface area is 206 Å². The maximum Gasteiger partial charge on any atom is 0.200 e. The van der Waals surface area contributed by atoms with Crippen LogP contribution in [0, 0.1) is 29.2 Å². The summed E-state index contributed by atoms with van der Waals surface area (Å²) in [4.78, 5) is 0. The van der Waals surface area contributed by atoms with E-state index in [4.69, 9.17) is 9.47 Å². The zero-order valence-electron chi connectivity index (χ0n) is 20.7. The summed E-state index contributed by atoms with van der Waals surface area (Å²) in [7, 11) is 0. The van der Waals surface area contributed by atoms with Crippen molar-refractivity contribution in [3.63, 3.8) is 0 Å². The summed E-state index contributed by atoms with van der Waals surface area (Å²) >= 11 is 0. The summed E-state index contributed by atoms with van der Waals surface area (Å²) in [5.74, 6) is -2.68. The topological polar surface area (TPSA) is 18.5 Å². The molecule has 2 saturated carbocycles. The number of rotatable bonds is 8. The predicted octanol–water partition coefficient (Wildman–Crippen LogP) is 8.57. The van der Waals surface area contributed by atoms with Gasteiger partial charge in [-0.05, 0) is 99.3 Å². The first-order valence-corrected chi connectivity index (χ1v) is 13.1. The van der Waals surface area contributed by atoms with Gasteiger partial charge in [-0.3, -0.25) is 0 Å². The van der Waals surface area contributed by atoms with Crippen LogP contribution in [0.1, 0.15) is 100 Å². The van der Waals surface area contributed by atoms with Crippen molar-refractivity contribution in [3.8, 4) is 5.75 Å². The minimum atomic E-state index is -1.00. The van der Waals surface area contributed by atoms with Gasteiger partial charge in [-0.25, -0.2) is 13.2 Å². The zero-order valence-corrected chi connectivity index (χ0v) is 20.7. The van der Waals surface area contributed by atoms with Crippen molar-refractivity contribution >= 4 is 0 Å². The van der Waals surface area contributed by atoms with Crippen LogP contribution in [0.25, 0.3) is 0 Å². The van der Waals surface area contributed by atoms with Crippen molar-refractivity contribution in [1.82, 2.24) is 0 Å². The molecule has 0 bridgehead atoms. The molecule has 0 spiro atoms. The van der Waals surface area contributed by atoms with Crippen LogP contribution in [0.15, 0.2) is 24.3 Å². The maximum atomic E-state index is 15.1. The molecule has 0 unspecified atom stereocenters. The second kappa shape index (κ2) is 11.8. The molecule has 4 rings (SSSR count). The third-order valence-corrected chi connectivity index (χ3v) is 8.02. The second-order valence-electron chi connectivity index (χ2n) is 10.1. The van der Waals surface area contributed by atoms with Gasteiger partial charge >= 0.3 is 0 Å². The Balaban J connectivity index is 1.32. The molecule has 0 saturated heterocycles. The van der Waals surface area contributed by atoms with E-state index in [-0.39, 0.29) is 42.5 Å². The van der Waals surface area contributed by atoms with Gasteiger partial charge in [0.15, 0.2) is 23.2 Å². The summed E-state index contributed by atoms with van der Waals surface area (Å²) in [6.07, 6.45) is 7.71. The Kier molecular flexibility index (Phi) is 8.74. The summed E-state index contributed by atoms with van der Waals surface area (Å²) < 4.78 is 69.4. The van der Waals surface area contributed by atoms with Crippen LogP contribution >= 0.6 is 0 Å². The van der Waals surface area contributed by atoms with Gasteiger partial charge in [0.2, 0.25) is 5.82 Å². The van der Waals surface area contributed by atoms with E-state index < -0.39 is 23.3 Å². The number of benzene rings is 2. The third kappa shape index (κ3) is 5.84. The molecular formula is C29H36F4O2. The molecular weight excluding hydrogens is 456 g/mol. The molecule has 2 aromatic rings. The average molecular weight is 493 g/mol. The van der Waals surface area contributed by atoms with Gasteiger partial charge in [0.1, 0.15) is 0 Å². The first-order chi connectivity index (χ1) is 16.9. The molecule has 192 valence electrons. The van der Waals surface area contributed by atoms with E-state index >= 15 is 8.78 Å². The maximum absolute atomic E-state index is 15.1. The lowest BCUT2D eigenvalue weighted by Crippen LogP contribution is -2.22. The average Bonchev–Trinajstić information content (AvgIpc) is 2.88. The highest BCUT2D eigenvalue weighted by Crippen LogP contribution is 2.41. The quantitative estimate of drug-likeness (QED) is 0.344. The summed E-state index contributed by atoms with van der Waals surface area (Å²) in [6.45, 7) is 4.11. The zero-order chi connectivity index (χ0) is 24.9. The molecule has 0 aromatic heterocycles. The van der Waals surface area contributed by atoms with Crippen LogP contribution in [-0.4, -0.2) is 12.7 Å². The smallest absolute Gasteiger partial charge is 0.200 e. The van der Waals surface area contributed by atoms with Crippen molar-refractivity contribution in [2.75, 3.05) is 6.61 Å². The molecule has 0 N–H and O–H groups in total. The van der Waals surface area contributed by atoms with E-state index in [0.29, 0.717) is 42.7 Å². The van der Waals surface area contributed by atoms with Gasteiger partial charge in [0.25, 0.3) is 0 Å².